The van der Waals surface area contributed by atoms with Crippen molar-refractivity contribution < 1.29 is 19.8 Å². The number of hydrogen-bond donors (Lipinski definition) is 0. The first-order valence-corrected chi connectivity index (χ1v) is 8.80. The molecule has 2 rings (SSSR count). The Hall–Kier alpha value is -1.05. The molecule has 5 heteroatoms. The molecule has 0 heterocycles. The summed E-state index contributed by atoms with van der Waals surface area (Å²) in [5.74, 6) is -1.26. The molecule has 0 spiro atoms. The van der Waals surface area contributed by atoms with Crippen molar-refractivity contribution in [3.63, 3.8) is 0 Å². The quantitative estimate of drug-likeness (QED) is 0.580. The summed E-state index contributed by atoms with van der Waals surface area (Å²) >= 11 is 0. The Morgan fingerprint density at radius 2 is 1.00 bits per heavy atom. The van der Waals surface area contributed by atoms with Gasteiger partial charge in [-0.15, -0.1) is 0 Å². The minimum Gasteiger partial charge on any atom is -0.545 e. The van der Waals surface area contributed by atoms with Crippen LogP contribution < -0.4 is 10.2 Å². The second-order valence-electron chi connectivity index (χ2n) is 7.09. The first kappa shape index (κ1) is 26.0. The van der Waals surface area contributed by atoms with Crippen LogP contribution in [0.4, 0.5) is 0 Å². The van der Waals surface area contributed by atoms with Crippen LogP contribution in [0.1, 0.15) is 59.5 Å². The summed E-state index contributed by atoms with van der Waals surface area (Å²) in [6, 6.07) is 14.0. The van der Waals surface area contributed by atoms with Gasteiger partial charge in [0.05, 0.1) is 11.9 Å². The normalized spacial score (nSPS) is 10.0. The van der Waals surface area contributed by atoms with E-state index in [1.165, 1.54) is 0 Å². The second-order valence-corrected chi connectivity index (χ2v) is 7.09. The van der Waals surface area contributed by atoms with Gasteiger partial charge in [-0.2, -0.15) is 0 Å². The van der Waals surface area contributed by atoms with Gasteiger partial charge in [-0.25, -0.2) is 0 Å². The van der Waals surface area contributed by atoms with Gasteiger partial charge in [0.15, 0.2) is 0 Å². The molecule has 0 unspecified atom stereocenters. The number of carbonyl (C=O) groups is 2. The summed E-state index contributed by atoms with van der Waals surface area (Å²) in [5.41, 5.74) is 2.35. The standard InChI is InChI=1S/2C11H14O2.Ba/c2*1-8(2)7-9-5-3-4-6-10(9)11(12)13;/h2*3-6,8H,7H2,1-2H3,(H,12,13);/q;;+2/p-2. The average molecular weight is 492 g/mol. The number of hydrogen-bond acceptors (Lipinski definition) is 4. The predicted molar refractivity (Wildman–Crippen MR) is 104 cm³/mol. The van der Waals surface area contributed by atoms with E-state index in [1.54, 1.807) is 24.3 Å². The molecule has 4 nitrogen and oxygen atoms in total. The Balaban J connectivity index is 0.000000483. The van der Waals surface area contributed by atoms with E-state index in [0.717, 1.165) is 24.0 Å². The predicted octanol–water partition coefficient (Wildman–Crippen LogP) is 2.12. The van der Waals surface area contributed by atoms with Crippen LogP contribution >= 0.6 is 0 Å². The van der Waals surface area contributed by atoms with E-state index < -0.39 is 11.9 Å². The van der Waals surface area contributed by atoms with Crippen LogP contribution in [0.2, 0.25) is 0 Å². The molecule has 0 atom stereocenters. The zero-order chi connectivity index (χ0) is 19.7. The number of rotatable bonds is 6. The maximum Gasteiger partial charge on any atom is 2.00 e. The maximum absolute atomic E-state index is 10.7. The summed E-state index contributed by atoms with van der Waals surface area (Å²) in [6.07, 6.45) is 1.56. The van der Waals surface area contributed by atoms with Gasteiger partial charge in [0.25, 0.3) is 0 Å². The second kappa shape index (κ2) is 13.2. The molecule has 0 bridgehead atoms. The van der Waals surface area contributed by atoms with Gasteiger partial charge in [0.1, 0.15) is 0 Å². The number of carboxylic acid groups (broad SMARTS) is 2. The summed E-state index contributed by atoms with van der Waals surface area (Å²) in [5, 5.41) is 21.4. The zero-order valence-corrected chi connectivity index (χ0v) is 21.0. The largest absolute Gasteiger partial charge is 2.00 e. The van der Waals surface area contributed by atoms with Crippen molar-refractivity contribution in [2.45, 2.75) is 40.5 Å². The average Bonchev–Trinajstić information content (AvgIpc) is 2.55. The third kappa shape index (κ3) is 9.63. The molecule has 0 amide bonds. The van der Waals surface area contributed by atoms with E-state index in [-0.39, 0.29) is 48.9 Å². The van der Waals surface area contributed by atoms with E-state index in [1.807, 2.05) is 24.3 Å². The van der Waals surface area contributed by atoms with Crippen molar-refractivity contribution in [1.82, 2.24) is 0 Å². The monoisotopic (exact) mass is 492 g/mol. The van der Waals surface area contributed by atoms with Crippen molar-refractivity contribution in [2.24, 2.45) is 11.8 Å². The molecular formula is C22H26BaO4. The van der Waals surface area contributed by atoms with Gasteiger partial charge in [-0.3, -0.25) is 0 Å². The minimum absolute atomic E-state index is 0. The molecule has 140 valence electrons. The van der Waals surface area contributed by atoms with E-state index in [2.05, 4.69) is 27.7 Å². The Labute approximate surface area is 202 Å². The summed E-state index contributed by atoms with van der Waals surface area (Å²) in [7, 11) is 0. The Kier molecular flexibility index (Phi) is 12.7. The van der Waals surface area contributed by atoms with E-state index in [4.69, 9.17) is 0 Å². The molecule has 0 saturated heterocycles. The fourth-order valence-corrected chi connectivity index (χ4v) is 2.67. The van der Waals surface area contributed by atoms with Crippen molar-refractivity contribution >= 4 is 60.8 Å². The Bertz CT molecular complexity index is 675. The van der Waals surface area contributed by atoms with Gasteiger partial charge in [-0.1, -0.05) is 76.2 Å². The first-order chi connectivity index (χ1) is 12.2. The van der Waals surface area contributed by atoms with E-state index in [9.17, 15) is 19.8 Å². The molecule has 2 aromatic carbocycles. The van der Waals surface area contributed by atoms with Crippen LogP contribution in [0, 0.1) is 11.8 Å². The van der Waals surface area contributed by atoms with Crippen LogP contribution in [0.25, 0.3) is 0 Å². The zero-order valence-electron chi connectivity index (χ0n) is 16.5. The fraction of sp³-hybridized carbons (Fsp3) is 0.364. The van der Waals surface area contributed by atoms with Crippen LogP contribution in [0.5, 0.6) is 0 Å². The molecule has 0 aliphatic rings. The molecule has 2 aromatic rings. The van der Waals surface area contributed by atoms with Crippen molar-refractivity contribution in [1.29, 1.82) is 0 Å². The van der Waals surface area contributed by atoms with Crippen LogP contribution in [-0.2, 0) is 12.8 Å². The van der Waals surface area contributed by atoms with Crippen molar-refractivity contribution in [3.05, 3.63) is 70.8 Å². The van der Waals surface area contributed by atoms with Gasteiger partial charge in [0.2, 0.25) is 0 Å². The number of aromatic carboxylic acids is 2. The molecule has 0 N–H and O–H groups in total. The molecule has 0 aromatic heterocycles. The summed E-state index contributed by atoms with van der Waals surface area (Å²) < 4.78 is 0. The molecule has 0 aliphatic heterocycles. The summed E-state index contributed by atoms with van der Waals surface area (Å²) in [4.78, 5) is 21.4. The van der Waals surface area contributed by atoms with Gasteiger partial charge in [0, 0.05) is 11.1 Å². The smallest absolute Gasteiger partial charge is 0.545 e. The van der Waals surface area contributed by atoms with Crippen LogP contribution in [0.3, 0.4) is 0 Å². The third-order valence-electron chi connectivity index (χ3n) is 3.73. The van der Waals surface area contributed by atoms with Crippen LogP contribution in [-0.4, -0.2) is 60.8 Å². The third-order valence-corrected chi connectivity index (χ3v) is 3.73. The van der Waals surface area contributed by atoms with Crippen molar-refractivity contribution in [3.8, 4) is 0 Å². The first-order valence-electron chi connectivity index (χ1n) is 8.80. The van der Waals surface area contributed by atoms with E-state index in [0.29, 0.717) is 23.0 Å². The number of carboxylic acids is 2. The molecule has 0 radical (unpaired) electrons. The van der Waals surface area contributed by atoms with Gasteiger partial charge >= 0.3 is 48.9 Å². The Morgan fingerprint density at radius 3 is 1.26 bits per heavy atom. The Morgan fingerprint density at radius 1 is 0.704 bits per heavy atom. The minimum atomic E-state index is -1.09. The van der Waals surface area contributed by atoms with Gasteiger partial charge < -0.3 is 19.8 Å². The molecule has 0 fully saturated rings. The van der Waals surface area contributed by atoms with E-state index >= 15 is 0 Å². The molecule has 0 aliphatic carbocycles. The molecule has 27 heavy (non-hydrogen) atoms. The van der Waals surface area contributed by atoms with Crippen LogP contribution in [0.15, 0.2) is 48.5 Å². The van der Waals surface area contributed by atoms with Crippen molar-refractivity contribution in [2.75, 3.05) is 0 Å². The SMILES string of the molecule is CC(C)Cc1ccccc1C(=O)[O-].CC(C)Cc1ccccc1C(=O)[O-].[Ba+2]. The molecular weight excluding hydrogens is 466 g/mol. The fourth-order valence-electron chi connectivity index (χ4n) is 2.67. The summed E-state index contributed by atoms with van der Waals surface area (Å²) in [6.45, 7) is 8.25. The molecule has 0 saturated carbocycles. The van der Waals surface area contributed by atoms with Gasteiger partial charge in [-0.05, 0) is 35.8 Å². The number of benzene rings is 2. The maximum atomic E-state index is 10.7. The topological polar surface area (TPSA) is 80.3 Å². The number of carbonyl (C=O) groups excluding carboxylic acids is 2.